The monoisotopic (exact) mass is 390 g/mol. The number of hydrogen-bond acceptors (Lipinski definition) is 9. The highest BCUT2D eigenvalue weighted by molar-refractivity contribution is 5.91. The zero-order valence-electron chi connectivity index (χ0n) is 15.5. The van der Waals surface area contributed by atoms with E-state index < -0.39 is 11.2 Å². The van der Waals surface area contributed by atoms with Crippen molar-refractivity contribution in [3.8, 4) is 51.6 Å². The quantitative estimate of drug-likeness (QED) is 0.602. The molecule has 3 rings (SSSR count). The Hall–Kier alpha value is -3.75. The first kappa shape index (κ1) is 19.0. The van der Waals surface area contributed by atoms with Crippen LogP contribution in [0.1, 0.15) is 0 Å². The Bertz CT molecular complexity index is 1090. The molecule has 0 fully saturated rings. The molecule has 2 aromatic carbocycles. The van der Waals surface area contributed by atoms with Crippen LogP contribution in [0.5, 0.6) is 40.2 Å². The standard InChI is InChI=1S/C19H18O9/c1-24-12-7-11-13(14(22)18(12)26-3)15(23)19(27-4)16(28-11)8-5-9(20)17(25-2)10(21)6-8/h5-7,20-22H,1-4H3. The second kappa shape index (κ2) is 7.10. The summed E-state index contributed by atoms with van der Waals surface area (Å²) in [4.78, 5) is 12.9. The highest BCUT2D eigenvalue weighted by Gasteiger charge is 2.25. The third kappa shape index (κ3) is 2.77. The van der Waals surface area contributed by atoms with Crippen LogP contribution in [0, 0.1) is 0 Å². The fourth-order valence-corrected chi connectivity index (χ4v) is 2.94. The molecule has 148 valence electrons. The number of phenolic OH excluding ortho intramolecular Hbond substituents is 3. The van der Waals surface area contributed by atoms with E-state index in [9.17, 15) is 20.1 Å². The molecule has 0 amide bonds. The average molecular weight is 390 g/mol. The smallest absolute Gasteiger partial charge is 0.239 e. The molecule has 0 aliphatic carbocycles. The molecule has 0 unspecified atom stereocenters. The van der Waals surface area contributed by atoms with Gasteiger partial charge in [0, 0.05) is 11.6 Å². The topological polar surface area (TPSA) is 128 Å². The molecule has 0 aliphatic rings. The van der Waals surface area contributed by atoms with Gasteiger partial charge in [-0.25, -0.2) is 0 Å². The fourth-order valence-electron chi connectivity index (χ4n) is 2.94. The summed E-state index contributed by atoms with van der Waals surface area (Å²) in [5.41, 5.74) is -0.529. The van der Waals surface area contributed by atoms with Crippen LogP contribution in [-0.2, 0) is 0 Å². The molecule has 1 heterocycles. The molecule has 9 heteroatoms. The number of methoxy groups -OCH3 is 4. The minimum atomic E-state index is -0.674. The Morgan fingerprint density at radius 1 is 0.786 bits per heavy atom. The summed E-state index contributed by atoms with van der Waals surface area (Å²) >= 11 is 0. The predicted octanol–water partition coefficient (Wildman–Crippen LogP) is 2.61. The fraction of sp³-hybridized carbons (Fsp3) is 0.211. The van der Waals surface area contributed by atoms with Crippen molar-refractivity contribution in [2.24, 2.45) is 0 Å². The Balaban J connectivity index is 2.41. The van der Waals surface area contributed by atoms with Crippen LogP contribution in [0.2, 0.25) is 0 Å². The van der Waals surface area contributed by atoms with E-state index in [1.165, 1.54) is 46.6 Å². The second-order valence-electron chi connectivity index (χ2n) is 5.68. The summed E-state index contributed by atoms with van der Waals surface area (Å²) in [6, 6.07) is 3.86. The number of phenols is 3. The Morgan fingerprint density at radius 2 is 1.36 bits per heavy atom. The van der Waals surface area contributed by atoms with E-state index in [-0.39, 0.29) is 56.8 Å². The van der Waals surface area contributed by atoms with Gasteiger partial charge in [0.2, 0.25) is 22.7 Å². The molecule has 1 aromatic heterocycles. The van der Waals surface area contributed by atoms with E-state index >= 15 is 0 Å². The molecule has 0 aliphatic heterocycles. The molecule has 3 N–H and O–H groups in total. The third-order valence-electron chi connectivity index (χ3n) is 4.18. The maximum absolute atomic E-state index is 12.9. The lowest BCUT2D eigenvalue weighted by Crippen LogP contribution is -2.08. The highest BCUT2D eigenvalue weighted by atomic mass is 16.5. The van der Waals surface area contributed by atoms with Crippen molar-refractivity contribution in [3.63, 3.8) is 0 Å². The van der Waals surface area contributed by atoms with Gasteiger partial charge in [-0.2, -0.15) is 0 Å². The number of aromatic hydroxyl groups is 3. The summed E-state index contributed by atoms with van der Waals surface area (Å²) in [5, 5.41) is 30.4. The van der Waals surface area contributed by atoms with Crippen LogP contribution in [0.4, 0.5) is 0 Å². The average Bonchev–Trinajstić information content (AvgIpc) is 2.66. The normalized spacial score (nSPS) is 10.7. The van der Waals surface area contributed by atoms with Crippen LogP contribution >= 0.6 is 0 Å². The van der Waals surface area contributed by atoms with Gasteiger partial charge >= 0.3 is 0 Å². The van der Waals surface area contributed by atoms with Gasteiger partial charge in [0.15, 0.2) is 28.8 Å². The summed E-state index contributed by atoms with van der Waals surface area (Å²) in [5.74, 6) is -1.51. The van der Waals surface area contributed by atoms with Crippen molar-refractivity contribution in [1.82, 2.24) is 0 Å². The Morgan fingerprint density at radius 3 is 1.86 bits per heavy atom. The number of fused-ring (bicyclic) bond motifs is 1. The molecule has 0 bridgehead atoms. The maximum Gasteiger partial charge on any atom is 0.239 e. The molecular formula is C19H18O9. The SMILES string of the molecule is COc1cc2oc(-c3cc(O)c(OC)c(O)c3)c(OC)c(=O)c2c(O)c1OC. The summed E-state index contributed by atoms with van der Waals surface area (Å²) in [7, 11) is 5.22. The maximum atomic E-state index is 12.9. The van der Waals surface area contributed by atoms with Crippen LogP contribution < -0.4 is 24.4 Å². The first-order chi connectivity index (χ1) is 13.4. The lowest BCUT2D eigenvalue weighted by atomic mass is 10.1. The first-order valence-corrected chi connectivity index (χ1v) is 7.96. The van der Waals surface area contributed by atoms with Crippen LogP contribution in [-0.4, -0.2) is 43.8 Å². The van der Waals surface area contributed by atoms with E-state index in [1.807, 2.05) is 0 Å². The van der Waals surface area contributed by atoms with E-state index in [1.54, 1.807) is 0 Å². The largest absolute Gasteiger partial charge is 0.504 e. The van der Waals surface area contributed by atoms with Gasteiger partial charge < -0.3 is 38.7 Å². The zero-order chi connectivity index (χ0) is 20.6. The Kier molecular flexibility index (Phi) is 4.83. The molecule has 3 aromatic rings. The molecule has 0 saturated heterocycles. The Labute approximate surface area is 158 Å². The minimum absolute atomic E-state index is 0.00857. The van der Waals surface area contributed by atoms with Crippen LogP contribution in [0.25, 0.3) is 22.3 Å². The van der Waals surface area contributed by atoms with Gasteiger partial charge in [-0.15, -0.1) is 0 Å². The van der Waals surface area contributed by atoms with Crippen molar-refractivity contribution >= 4 is 11.0 Å². The number of benzene rings is 2. The van der Waals surface area contributed by atoms with Crippen molar-refractivity contribution < 1.29 is 38.7 Å². The molecule has 0 saturated carbocycles. The molecule has 9 nitrogen and oxygen atoms in total. The van der Waals surface area contributed by atoms with Gasteiger partial charge in [0.05, 0.1) is 28.4 Å². The third-order valence-corrected chi connectivity index (χ3v) is 4.18. The van der Waals surface area contributed by atoms with Crippen LogP contribution in [0.15, 0.2) is 27.4 Å². The van der Waals surface area contributed by atoms with Crippen molar-refractivity contribution in [2.75, 3.05) is 28.4 Å². The van der Waals surface area contributed by atoms with Gasteiger partial charge in [-0.1, -0.05) is 0 Å². The molecular weight excluding hydrogens is 372 g/mol. The summed E-state index contributed by atoms with van der Waals surface area (Å²) < 4.78 is 26.1. The van der Waals surface area contributed by atoms with Gasteiger partial charge in [0.25, 0.3) is 0 Å². The summed E-state index contributed by atoms with van der Waals surface area (Å²) in [6.45, 7) is 0. The lowest BCUT2D eigenvalue weighted by molar-refractivity contribution is 0.334. The molecule has 28 heavy (non-hydrogen) atoms. The summed E-state index contributed by atoms with van der Waals surface area (Å²) in [6.07, 6.45) is 0. The van der Waals surface area contributed by atoms with Crippen molar-refractivity contribution in [3.05, 3.63) is 28.4 Å². The van der Waals surface area contributed by atoms with E-state index in [4.69, 9.17) is 23.4 Å². The number of ether oxygens (including phenoxy) is 4. The highest BCUT2D eigenvalue weighted by Crippen LogP contribution is 2.45. The second-order valence-corrected chi connectivity index (χ2v) is 5.68. The minimum Gasteiger partial charge on any atom is -0.504 e. The van der Waals surface area contributed by atoms with E-state index in [0.717, 1.165) is 0 Å². The van der Waals surface area contributed by atoms with Crippen molar-refractivity contribution in [2.45, 2.75) is 0 Å². The molecule has 0 atom stereocenters. The van der Waals surface area contributed by atoms with E-state index in [2.05, 4.69) is 0 Å². The number of hydrogen-bond donors (Lipinski definition) is 3. The van der Waals surface area contributed by atoms with E-state index in [0.29, 0.717) is 0 Å². The van der Waals surface area contributed by atoms with Gasteiger partial charge in [-0.3, -0.25) is 4.79 Å². The first-order valence-electron chi connectivity index (χ1n) is 7.96. The lowest BCUT2D eigenvalue weighted by Gasteiger charge is -2.14. The number of rotatable bonds is 5. The molecule has 0 radical (unpaired) electrons. The van der Waals surface area contributed by atoms with Gasteiger partial charge in [-0.05, 0) is 12.1 Å². The van der Waals surface area contributed by atoms with Crippen molar-refractivity contribution in [1.29, 1.82) is 0 Å². The zero-order valence-corrected chi connectivity index (χ0v) is 15.5. The predicted molar refractivity (Wildman–Crippen MR) is 99.1 cm³/mol. The van der Waals surface area contributed by atoms with Crippen LogP contribution in [0.3, 0.4) is 0 Å². The molecule has 0 spiro atoms. The van der Waals surface area contributed by atoms with Gasteiger partial charge in [0.1, 0.15) is 11.0 Å².